The fourth-order valence-corrected chi connectivity index (χ4v) is 5.44. The van der Waals surface area contributed by atoms with E-state index in [0.717, 1.165) is 58.5 Å². The normalized spacial score (nSPS) is 19.2. The molecule has 1 saturated heterocycles. The van der Waals surface area contributed by atoms with Gasteiger partial charge in [0.1, 0.15) is 12.4 Å². The van der Waals surface area contributed by atoms with Crippen LogP contribution in [-0.4, -0.2) is 31.5 Å². The maximum atomic E-state index is 7.00. The zero-order chi connectivity index (χ0) is 31.8. The summed E-state index contributed by atoms with van der Waals surface area (Å²) < 4.78 is 25.1. The fourth-order valence-electron chi connectivity index (χ4n) is 5.25. The Morgan fingerprint density at radius 2 is 1.43 bits per heavy atom. The van der Waals surface area contributed by atoms with E-state index in [9.17, 15) is 0 Å². The summed E-state index contributed by atoms with van der Waals surface area (Å²) in [4.78, 5) is 0. The zero-order valence-electron chi connectivity index (χ0n) is 26.7. The van der Waals surface area contributed by atoms with E-state index in [0.29, 0.717) is 26.1 Å². The Morgan fingerprint density at radius 1 is 0.818 bits per heavy atom. The van der Waals surface area contributed by atoms with Crippen molar-refractivity contribution in [3.63, 3.8) is 0 Å². The van der Waals surface area contributed by atoms with Crippen molar-refractivity contribution >= 4 is 11.6 Å². The van der Waals surface area contributed by atoms with Crippen LogP contribution >= 0.6 is 11.6 Å². The van der Waals surface area contributed by atoms with Crippen LogP contribution in [0, 0.1) is 0 Å². The van der Waals surface area contributed by atoms with Crippen LogP contribution < -0.4 is 4.74 Å². The van der Waals surface area contributed by atoms with Gasteiger partial charge in [0.05, 0.1) is 18.8 Å². The number of hydrogen-bond acceptors (Lipinski definition) is 5. The molecule has 0 aliphatic carbocycles. The van der Waals surface area contributed by atoms with Gasteiger partial charge in [-0.2, -0.15) is 0 Å². The minimum Gasteiger partial charge on any atom is -0.489 e. The van der Waals surface area contributed by atoms with Gasteiger partial charge in [-0.15, -0.1) is 0 Å². The molecule has 236 valence electrons. The third-order valence-electron chi connectivity index (χ3n) is 7.54. The largest absolute Gasteiger partial charge is 0.489 e. The average molecular weight is 619 g/mol. The van der Waals surface area contributed by atoms with Crippen LogP contribution in [0.1, 0.15) is 67.9 Å². The van der Waals surface area contributed by atoms with Gasteiger partial charge >= 0.3 is 0 Å². The van der Waals surface area contributed by atoms with Crippen LogP contribution in [0.4, 0.5) is 0 Å². The molecule has 6 heteroatoms. The molecule has 3 atom stereocenters. The lowest BCUT2D eigenvalue weighted by Gasteiger charge is -2.43. The van der Waals surface area contributed by atoms with Gasteiger partial charge in [-0.1, -0.05) is 111 Å². The van der Waals surface area contributed by atoms with Crippen molar-refractivity contribution in [3.05, 3.63) is 136 Å². The van der Waals surface area contributed by atoms with Crippen LogP contribution in [0.2, 0.25) is 5.02 Å². The number of ether oxygens (including phenoxy) is 4. The van der Waals surface area contributed by atoms with E-state index in [2.05, 4.69) is 49.4 Å². The Balaban J connectivity index is 0.00000127. The van der Waals surface area contributed by atoms with E-state index in [1.54, 1.807) is 7.11 Å². The Labute approximate surface area is 268 Å². The summed E-state index contributed by atoms with van der Waals surface area (Å²) in [6.45, 7) is 7.26. The molecule has 1 aliphatic heterocycles. The van der Waals surface area contributed by atoms with Gasteiger partial charge < -0.3 is 24.1 Å². The minimum atomic E-state index is -0.894. The molecular weight excluding hydrogens is 572 g/mol. The van der Waals surface area contributed by atoms with E-state index < -0.39 is 5.79 Å². The molecule has 0 saturated carbocycles. The molecule has 5 rings (SSSR count). The number of aliphatic hydroxyl groups is 1. The molecule has 44 heavy (non-hydrogen) atoms. The molecule has 0 spiro atoms. The second kappa shape index (κ2) is 18.6. The zero-order valence-corrected chi connectivity index (χ0v) is 27.4. The van der Waals surface area contributed by atoms with Crippen LogP contribution in [0.3, 0.4) is 0 Å². The first-order valence-corrected chi connectivity index (χ1v) is 15.8. The van der Waals surface area contributed by atoms with Crippen molar-refractivity contribution in [2.75, 3.05) is 14.2 Å². The average Bonchev–Trinajstić information content (AvgIpc) is 3.10. The standard InChI is InChI=1S/C35H37ClO4.C2H6.CH4O/c1-3-31-22-33(39-25-28-12-8-5-9-13-28)23-35(37-2,40-31)30-16-19-34(36)29(21-30)20-26-14-17-32(18-15-26)38-24-27-10-6-4-7-11-27;2*1-2/h4-19,21,31,33H,3,20,22-25H2,1-2H3;1-2H3;2H,1H3/t31?,33?,35-;;/m1../s1. The SMILES string of the molecule is CC.CCC1CC(OCc2ccccc2)C[C@](OC)(c2ccc(Cl)c(Cc3ccc(OCc4ccccc4)cc3)c2)O1.CO. The number of benzene rings is 4. The summed E-state index contributed by atoms with van der Waals surface area (Å²) in [5.74, 6) is -0.0528. The van der Waals surface area contributed by atoms with Crippen molar-refractivity contribution < 1.29 is 24.1 Å². The van der Waals surface area contributed by atoms with Gasteiger partial charge in [0, 0.05) is 37.6 Å². The van der Waals surface area contributed by atoms with Gasteiger partial charge in [0.2, 0.25) is 0 Å². The summed E-state index contributed by atoms with van der Waals surface area (Å²) in [6, 6.07) is 34.7. The first-order valence-electron chi connectivity index (χ1n) is 15.4. The molecule has 0 aromatic heterocycles. The summed E-state index contributed by atoms with van der Waals surface area (Å²) in [6.07, 6.45) is 3.08. The Bertz CT molecular complexity index is 1350. The monoisotopic (exact) mass is 618 g/mol. The van der Waals surface area contributed by atoms with Gasteiger partial charge in [-0.25, -0.2) is 0 Å². The molecule has 0 bridgehead atoms. The second-order valence-corrected chi connectivity index (χ2v) is 10.8. The highest BCUT2D eigenvalue weighted by Gasteiger charge is 2.43. The molecule has 5 nitrogen and oxygen atoms in total. The number of rotatable bonds is 11. The molecule has 1 aliphatic rings. The number of halogens is 1. The lowest BCUT2D eigenvalue weighted by molar-refractivity contribution is -0.299. The van der Waals surface area contributed by atoms with Crippen LogP contribution in [0.5, 0.6) is 5.75 Å². The molecule has 1 fully saturated rings. The predicted octanol–water partition coefficient (Wildman–Crippen LogP) is 9.12. The van der Waals surface area contributed by atoms with Gasteiger partial charge in [0.15, 0.2) is 5.79 Å². The van der Waals surface area contributed by atoms with E-state index in [1.165, 1.54) is 0 Å². The van der Waals surface area contributed by atoms with Crippen LogP contribution in [0.15, 0.2) is 103 Å². The number of methoxy groups -OCH3 is 1. The quantitative estimate of drug-likeness (QED) is 0.182. The lowest BCUT2D eigenvalue weighted by Crippen LogP contribution is -2.46. The summed E-state index contributed by atoms with van der Waals surface area (Å²) >= 11 is 6.69. The predicted molar refractivity (Wildman–Crippen MR) is 179 cm³/mol. The molecule has 1 N–H and O–H groups in total. The van der Waals surface area contributed by atoms with Crippen molar-refractivity contribution in [1.82, 2.24) is 0 Å². The van der Waals surface area contributed by atoms with Gasteiger partial charge in [-0.3, -0.25) is 0 Å². The van der Waals surface area contributed by atoms with E-state index in [-0.39, 0.29) is 12.2 Å². The third-order valence-corrected chi connectivity index (χ3v) is 7.91. The summed E-state index contributed by atoms with van der Waals surface area (Å²) in [5, 5.41) is 7.72. The molecule has 2 unspecified atom stereocenters. The lowest BCUT2D eigenvalue weighted by atomic mass is 9.90. The molecule has 4 aromatic rings. The number of hydrogen-bond donors (Lipinski definition) is 1. The highest BCUT2D eigenvalue weighted by atomic mass is 35.5. The first-order chi connectivity index (χ1) is 21.6. The van der Waals surface area contributed by atoms with E-state index >= 15 is 0 Å². The van der Waals surface area contributed by atoms with Crippen LogP contribution in [-0.2, 0) is 39.6 Å². The molecular formula is C38H47ClO5. The van der Waals surface area contributed by atoms with Gasteiger partial charge in [-0.05, 0) is 59.4 Å². The van der Waals surface area contributed by atoms with Crippen LogP contribution in [0.25, 0.3) is 0 Å². The molecule has 1 heterocycles. The maximum absolute atomic E-state index is 7.00. The molecule has 4 aromatic carbocycles. The van der Waals surface area contributed by atoms with E-state index in [4.69, 9.17) is 35.7 Å². The molecule has 0 radical (unpaired) electrons. The summed E-state index contributed by atoms with van der Waals surface area (Å²) in [5.41, 5.74) is 5.44. The van der Waals surface area contributed by atoms with Crippen molar-refractivity contribution in [3.8, 4) is 5.75 Å². The number of aliphatic hydroxyl groups excluding tert-OH is 1. The smallest absolute Gasteiger partial charge is 0.197 e. The third kappa shape index (κ3) is 9.91. The molecule has 0 amide bonds. The highest BCUT2D eigenvalue weighted by Crippen LogP contribution is 2.42. The van der Waals surface area contributed by atoms with E-state index in [1.807, 2.05) is 74.5 Å². The first kappa shape index (κ1) is 35.3. The highest BCUT2D eigenvalue weighted by molar-refractivity contribution is 6.31. The Morgan fingerprint density at radius 3 is 2.02 bits per heavy atom. The van der Waals surface area contributed by atoms with Gasteiger partial charge in [0.25, 0.3) is 0 Å². The Hall–Kier alpha value is -3.19. The summed E-state index contributed by atoms with van der Waals surface area (Å²) in [7, 11) is 2.72. The second-order valence-electron chi connectivity index (χ2n) is 10.4. The minimum absolute atomic E-state index is 0.0152. The maximum Gasteiger partial charge on any atom is 0.197 e. The van der Waals surface area contributed by atoms with Crippen molar-refractivity contribution in [2.45, 2.75) is 77.7 Å². The Kier molecular flexibility index (Phi) is 14.9. The fraction of sp³-hybridized carbons (Fsp3) is 0.368. The van der Waals surface area contributed by atoms with Crippen molar-refractivity contribution in [1.29, 1.82) is 0 Å². The van der Waals surface area contributed by atoms with Crippen molar-refractivity contribution in [2.24, 2.45) is 0 Å². The topological polar surface area (TPSA) is 57.2 Å².